The van der Waals surface area contributed by atoms with Gasteiger partial charge in [-0.05, 0) is 30.9 Å². The molecule has 1 aromatic heterocycles. The maximum absolute atomic E-state index is 13.4. The van der Waals surface area contributed by atoms with Crippen molar-refractivity contribution in [2.45, 2.75) is 44.4 Å². The first-order valence-corrected chi connectivity index (χ1v) is 12.0. The molecule has 0 aliphatic carbocycles. The Balaban J connectivity index is 1.30. The predicted octanol–water partition coefficient (Wildman–Crippen LogP) is 4.50. The second kappa shape index (κ2) is 9.79. The van der Waals surface area contributed by atoms with Crippen LogP contribution < -0.4 is 4.74 Å². The molecular weight excluding hydrogens is 412 g/mol. The summed E-state index contributed by atoms with van der Waals surface area (Å²) in [5.74, 6) is 2.15. The summed E-state index contributed by atoms with van der Waals surface area (Å²) in [6.07, 6.45) is 7.42. The van der Waals surface area contributed by atoms with Crippen LogP contribution in [0.2, 0.25) is 0 Å². The van der Waals surface area contributed by atoms with E-state index >= 15 is 0 Å². The van der Waals surface area contributed by atoms with Gasteiger partial charge in [0, 0.05) is 57.6 Å². The van der Waals surface area contributed by atoms with Crippen LogP contribution in [-0.2, 0) is 18.4 Å². The zero-order valence-electron chi connectivity index (χ0n) is 19.3. The average Bonchev–Trinajstić information content (AvgIpc) is 3.19. The maximum Gasteiger partial charge on any atom is 0.224 e. The quantitative estimate of drug-likeness (QED) is 0.581. The van der Waals surface area contributed by atoms with E-state index in [9.17, 15) is 4.79 Å². The Morgan fingerprint density at radius 1 is 1.09 bits per heavy atom. The van der Waals surface area contributed by atoms with E-state index < -0.39 is 0 Å². The molecule has 5 rings (SSSR count). The number of amides is 1. The van der Waals surface area contributed by atoms with Gasteiger partial charge in [-0.3, -0.25) is 9.69 Å². The number of ether oxygens (including phenoxy) is 1. The van der Waals surface area contributed by atoms with Crippen LogP contribution in [0.25, 0.3) is 0 Å². The molecule has 0 spiro atoms. The highest BCUT2D eigenvalue weighted by Crippen LogP contribution is 2.32. The largest absolute Gasteiger partial charge is 0.484 e. The van der Waals surface area contributed by atoms with Crippen molar-refractivity contribution in [2.24, 2.45) is 7.05 Å². The van der Waals surface area contributed by atoms with E-state index in [4.69, 9.17) is 4.74 Å². The van der Waals surface area contributed by atoms with Gasteiger partial charge in [-0.2, -0.15) is 0 Å². The number of para-hydroxylation sites is 1. The van der Waals surface area contributed by atoms with Gasteiger partial charge in [0.25, 0.3) is 0 Å². The minimum atomic E-state index is -0.0553. The van der Waals surface area contributed by atoms with E-state index in [1.165, 1.54) is 5.56 Å². The molecule has 0 bridgehead atoms. The third-order valence-electron chi connectivity index (χ3n) is 6.85. The van der Waals surface area contributed by atoms with Crippen LogP contribution in [0.5, 0.6) is 5.75 Å². The molecule has 0 saturated carbocycles. The maximum atomic E-state index is 13.4. The SMILES string of the molecule is Cn1ccnc1[C@@H]1CCCCN1C(=O)CCN1Cc2ccccc2O[C@@H](c2ccccc2)C1. The highest BCUT2D eigenvalue weighted by Gasteiger charge is 2.31. The van der Waals surface area contributed by atoms with Crippen molar-refractivity contribution >= 4 is 5.91 Å². The van der Waals surface area contributed by atoms with E-state index in [0.29, 0.717) is 13.0 Å². The smallest absolute Gasteiger partial charge is 0.224 e. The molecule has 6 nitrogen and oxygen atoms in total. The van der Waals surface area contributed by atoms with E-state index in [1.807, 2.05) is 42.2 Å². The summed E-state index contributed by atoms with van der Waals surface area (Å²) < 4.78 is 8.47. The second-order valence-electron chi connectivity index (χ2n) is 9.11. The van der Waals surface area contributed by atoms with Crippen LogP contribution in [0.3, 0.4) is 0 Å². The molecule has 2 aromatic carbocycles. The van der Waals surface area contributed by atoms with Gasteiger partial charge in [-0.15, -0.1) is 0 Å². The summed E-state index contributed by atoms with van der Waals surface area (Å²) in [6, 6.07) is 18.7. The molecule has 33 heavy (non-hydrogen) atoms. The monoisotopic (exact) mass is 444 g/mol. The molecular formula is C27H32N4O2. The Bertz CT molecular complexity index is 1080. The number of fused-ring (bicyclic) bond motifs is 1. The number of carbonyl (C=O) groups excluding carboxylic acids is 1. The minimum absolute atomic E-state index is 0.0553. The van der Waals surface area contributed by atoms with E-state index in [1.54, 1.807) is 0 Å². The molecule has 2 aliphatic heterocycles. The van der Waals surface area contributed by atoms with Gasteiger partial charge in [0.05, 0.1) is 6.04 Å². The van der Waals surface area contributed by atoms with Crippen molar-refractivity contribution in [3.8, 4) is 5.75 Å². The van der Waals surface area contributed by atoms with Crippen LogP contribution in [0, 0.1) is 0 Å². The normalized spacial score (nSPS) is 21.2. The summed E-state index contributed by atoms with van der Waals surface area (Å²) in [5, 5.41) is 0. The number of aromatic nitrogens is 2. The molecule has 2 aliphatic rings. The second-order valence-corrected chi connectivity index (χ2v) is 9.11. The van der Waals surface area contributed by atoms with E-state index in [2.05, 4.69) is 51.2 Å². The summed E-state index contributed by atoms with van der Waals surface area (Å²) >= 11 is 0. The van der Waals surface area contributed by atoms with Crippen LogP contribution in [0.15, 0.2) is 67.0 Å². The van der Waals surface area contributed by atoms with Gasteiger partial charge in [0.1, 0.15) is 17.7 Å². The standard InChI is InChI=1S/C27H32N4O2/c1-29-18-15-28-27(29)23-12-7-8-16-31(23)26(32)14-17-30-19-22-11-5-6-13-24(22)33-25(20-30)21-9-3-2-4-10-21/h2-6,9-11,13,15,18,23,25H,7-8,12,14,16-17,19-20H2,1H3/t23-,25+/m0/s1. The molecule has 3 heterocycles. The zero-order valence-corrected chi connectivity index (χ0v) is 19.3. The van der Waals surface area contributed by atoms with Gasteiger partial charge < -0.3 is 14.2 Å². The van der Waals surface area contributed by atoms with Gasteiger partial charge in [-0.1, -0.05) is 48.5 Å². The first-order valence-electron chi connectivity index (χ1n) is 12.0. The molecule has 3 aromatic rings. The van der Waals surface area contributed by atoms with Crippen LogP contribution in [0.1, 0.15) is 54.8 Å². The predicted molar refractivity (Wildman–Crippen MR) is 128 cm³/mol. The molecule has 1 saturated heterocycles. The van der Waals surface area contributed by atoms with Crippen LogP contribution in [0.4, 0.5) is 0 Å². The lowest BCUT2D eigenvalue weighted by Gasteiger charge is -2.36. The number of piperidine rings is 1. The topological polar surface area (TPSA) is 50.6 Å². The highest BCUT2D eigenvalue weighted by atomic mass is 16.5. The first-order chi connectivity index (χ1) is 16.2. The van der Waals surface area contributed by atoms with Crippen LogP contribution >= 0.6 is 0 Å². The number of likely N-dealkylation sites (tertiary alicyclic amines) is 1. The van der Waals surface area contributed by atoms with Crippen molar-refractivity contribution in [1.29, 1.82) is 0 Å². The molecule has 0 N–H and O–H groups in total. The third-order valence-corrected chi connectivity index (χ3v) is 6.85. The number of imidazole rings is 1. The molecule has 1 amide bonds. The Labute approximate surface area is 195 Å². The Hall–Kier alpha value is -3.12. The van der Waals surface area contributed by atoms with Gasteiger partial charge in [-0.25, -0.2) is 4.98 Å². The van der Waals surface area contributed by atoms with E-state index in [0.717, 1.165) is 56.0 Å². The molecule has 0 unspecified atom stereocenters. The van der Waals surface area contributed by atoms with Gasteiger partial charge >= 0.3 is 0 Å². The summed E-state index contributed by atoms with van der Waals surface area (Å²) in [7, 11) is 2.01. The van der Waals surface area contributed by atoms with Gasteiger partial charge in [0.2, 0.25) is 5.91 Å². The third kappa shape index (κ3) is 4.81. The number of hydrogen-bond acceptors (Lipinski definition) is 4. The minimum Gasteiger partial charge on any atom is -0.484 e. The lowest BCUT2D eigenvalue weighted by molar-refractivity contribution is -0.135. The molecule has 2 atom stereocenters. The zero-order chi connectivity index (χ0) is 22.6. The summed E-state index contributed by atoms with van der Waals surface area (Å²) in [4.78, 5) is 22.3. The molecule has 0 radical (unpaired) electrons. The van der Waals surface area contributed by atoms with Crippen molar-refractivity contribution in [1.82, 2.24) is 19.4 Å². The number of carbonyl (C=O) groups is 1. The Morgan fingerprint density at radius 2 is 1.91 bits per heavy atom. The molecule has 1 fully saturated rings. The fraction of sp³-hybridized carbons (Fsp3) is 0.407. The van der Waals surface area contributed by atoms with Crippen LogP contribution in [-0.4, -0.2) is 44.9 Å². The number of nitrogens with zero attached hydrogens (tertiary/aromatic N) is 4. The fourth-order valence-electron chi connectivity index (χ4n) is 5.09. The highest BCUT2D eigenvalue weighted by molar-refractivity contribution is 5.77. The number of rotatable bonds is 5. The number of benzene rings is 2. The molecule has 6 heteroatoms. The lowest BCUT2D eigenvalue weighted by atomic mass is 10.0. The summed E-state index contributed by atoms with van der Waals surface area (Å²) in [5.41, 5.74) is 2.34. The van der Waals surface area contributed by atoms with Crippen molar-refractivity contribution < 1.29 is 9.53 Å². The lowest BCUT2D eigenvalue weighted by Crippen LogP contribution is -2.41. The van der Waals surface area contributed by atoms with Gasteiger partial charge in [0.15, 0.2) is 0 Å². The molecule has 172 valence electrons. The van der Waals surface area contributed by atoms with Crippen molar-refractivity contribution in [3.63, 3.8) is 0 Å². The van der Waals surface area contributed by atoms with Crippen molar-refractivity contribution in [2.75, 3.05) is 19.6 Å². The Morgan fingerprint density at radius 3 is 2.73 bits per heavy atom. The summed E-state index contributed by atoms with van der Waals surface area (Å²) in [6.45, 7) is 3.07. The first kappa shape index (κ1) is 21.7. The average molecular weight is 445 g/mol. The fourth-order valence-corrected chi connectivity index (χ4v) is 5.09. The van der Waals surface area contributed by atoms with E-state index in [-0.39, 0.29) is 18.1 Å². The van der Waals surface area contributed by atoms with Crippen molar-refractivity contribution in [3.05, 3.63) is 83.9 Å². The Kier molecular flexibility index (Phi) is 6.44. The number of aryl methyl sites for hydroxylation is 1. The number of hydrogen-bond donors (Lipinski definition) is 0.